The highest BCUT2D eigenvalue weighted by Crippen LogP contribution is 2.24. The van der Waals surface area contributed by atoms with Gasteiger partial charge in [0.05, 0.1) is 5.56 Å². The highest BCUT2D eigenvalue weighted by atomic mass is 79.9. The molecule has 0 saturated heterocycles. The summed E-state index contributed by atoms with van der Waals surface area (Å²) in [5, 5.41) is 6.91. The summed E-state index contributed by atoms with van der Waals surface area (Å²) in [6.45, 7) is 0. The first-order valence-corrected chi connectivity index (χ1v) is 6.86. The quantitative estimate of drug-likeness (QED) is 0.787. The van der Waals surface area contributed by atoms with Gasteiger partial charge in [-0.1, -0.05) is 15.9 Å². The largest absolute Gasteiger partial charge is 0.357 e. The fourth-order valence-corrected chi connectivity index (χ4v) is 2.12. The van der Waals surface area contributed by atoms with Crippen molar-refractivity contribution in [3.63, 3.8) is 0 Å². The van der Waals surface area contributed by atoms with Crippen LogP contribution in [0, 0.1) is 5.82 Å². The Hall–Kier alpha value is -2.35. The second-order valence-corrected chi connectivity index (χ2v) is 5.02. The van der Waals surface area contributed by atoms with Crippen molar-refractivity contribution < 1.29 is 4.39 Å². The molecule has 0 spiro atoms. The van der Waals surface area contributed by atoms with E-state index in [4.69, 9.17) is 0 Å². The molecule has 8 heteroatoms. The predicted molar refractivity (Wildman–Crippen MR) is 79.6 cm³/mol. The molecule has 0 saturated carbocycles. The van der Waals surface area contributed by atoms with Gasteiger partial charge in [-0.05, 0) is 24.3 Å². The third kappa shape index (κ3) is 2.75. The Kier molecular flexibility index (Phi) is 3.61. The van der Waals surface area contributed by atoms with Crippen molar-refractivity contribution in [3.8, 4) is 17.3 Å². The third-order valence-electron chi connectivity index (χ3n) is 2.73. The van der Waals surface area contributed by atoms with E-state index in [0.29, 0.717) is 11.9 Å². The third-order valence-corrected chi connectivity index (χ3v) is 3.22. The van der Waals surface area contributed by atoms with E-state index in [2.05, 4.69) is 41.3 Å². The molecular weight excluding hydrogens is 339 g/mol. The summed E-state index contributed by atoms with van der Waals surface area (Å²) < 4.78 is 16.2. The summed E-state index contributed by atoms with van der Waals surface area (Å²) in [6.07, 6.45) is 3.32. The van der Waals surface area contributed by atoms with Crippen molar-refractivity contribution in [2.75, 3.05) is 12.4 Å². The minimum Gasteiger partial charge on any atom is -0.357 e. The van der Waals surface area contributed by atoms with Crippen LogP contribution in [0.2, 0.25) is 0 Å². The van der Waals surface area contributed by atoms with Gasteiger partial charge in [-0.3, -0.25) is 0 Å². The Bertz CT molecular complexity index is 774. The molecular formula is C13H10BrFN6. The van der Waals surface area contributed by atoms with Gasteiger partial charge in [0.25, 0.3) is 5.95 Å². The number of aromatic nitrogens is 5. The first-order chi connectivity index (χ1) is 10.2. The zero-order valence-corrected chi connectivity index (χ0v) is 12.5. The molecule has 3 rings (SSSR count). The Balaban J connectivity index is 2.18. The normalized spacial score (nSPS) is 10.6. The maximum absolute atomic E-state index is 14.0. The number of hydrogen-bond acceptors (Lipinski definition) is 5. The van der Waals surface area contributed by atoms with E-state index in [-0.39, 0.29) is 11.4 Å². The molecule has 0 amide bonds. The molecule has 106 valence electrons. The van der Waals surface area contributed by atoms with Gasteiger partial charge in [0.2, 0.25) is 5.95 Å². The first kappa shape index (κ1) is 13.6. The maximum Gasteiger partial charge on any atom is 0.255 e. The lowest BCUT2D eigenvalue weighted by atomic mass is 10.2. The van der Waals surface area contributed by atoms with Crippen LogP contribution in [-0.4, -0.2) is 31.8 Å². The lowest BCUT2D eigenvalue weighted by Gasteiger charge is -2.07. The van der Waals surface area contributed by atoms with Gasteiger partial charge in [0, 0.05) is 23.9 Å². The van der Waals surface area contributed by atoms with Crippen LogP contribution >= 0.6 is 15.9 Å². The predicted octanol–water partition coefficient (Wildman–Crippen LogP) is 2.67. The van der Waals surface area contributed by atoms with Gasteiger partial charge in [-0.2, -0.15) is 20.1 Å². The van der Waals surface area contributed by atoms with Crippen molar-refractivity contribution >= 4 is 21.9 Å². The van der Waals surface area contributed by atoms with Crippen LogP contribution in [0.15, 0.2) is 41.1 Å². The van der Waals surface area contributed by atoms with Gasteiger partial charge in [-0.15, -0.1) is 0 Å². The molecule has 2 aromatic heterocycles. The Morgan fingerprint density at radius 3 is 2.81 bits per heavy atom. The van der Waals surface area contributed by atoms with Gasteiger partial charge in [-0.25, -0.2) is 9.07 Å². The fraction of sp³-hybridized carbons (Fsp3) is 0.0769. The molecule has 0 radical (unpaired) electrons. The SMILES string of the molecule is CNc1nc(-c2cc(Br)ccc2F)nc(-n2cccn2)n1. The summed E-state index contributed by atoms with van der Waals surface area (Å²) in [5.41, 5.74) is 0.289. The zero-order chi connectivity index (χ0) is 14.8. The first-order valence-electron chi connectivity index (χ1n) is 6.06. The van der Waals surface area contributed by atoms with Gasteiger partial charge < -0.3 is 5.32 Å². The number of rotatable bonds is 3. The van der Waals surface area contributed by atoms with E-state index in [0.717, 1.165) is 4.47 Å². The van der Waals surface area contributed by atoms with Crippen LogP contribution in [0.5, 0.6) is 0 Å². The standard InChI is InChI=1S/C13H10BrFN6/c1-16-12-18-11(9-7-8(14)3-4-10(9)15)19-13(20-12)21-6-2-5-17-21/h2-7H,1H3,(H,16,18,19,20). The molecule has 3 aromatic rings. The molecule has 0 bridgehead atoms. The summed E-state index contributed by atoms with van der Waals surface area (Å²) in [7, 11) is 1.68. The van der Waals surface area contributed by atoms with Crippen LogP contribution < -0.4 is 5.32 Å². The molecule has 0 aliphatic carbocycles. The summed E-state index contributed by atoms with van der Waals surface area (Å²) >= 11 is 3.32. The van der Waals surface area contributed by atoms with E-state index < -0.39 is 5.82 Å². The zero-order valence-electron chi connectivity index (χ0n) is 11.0. The van der Waals surface area contributed by atoms with Crippen LogP contribution in [-0.2, 0) is 0 Å². The number of anilines is 1. The maximum atomic E-state index is 14.0. The highest BCUT2D eigenvalue weighted by molar-refractivity contribution is 9.10. The molecule has 6 nitrogen and oxygen atoms in total. The second-order valence-electron chi connectivity index (χ2n) is 4.11. The average molecular weight is 349 g/mol. The number of nitrogens with zero attached hydrogens (tertiary/aromatic N) is 5. The van der Waals surface area contributed by atoms with Crippen molar-refractivity contribution in [3.05, 3.63) is 46.9 Å². The van der Waals surface area contributed by atoms with Crippen LogP contribution in [0.25, 0.3) is 17.3 Å². The average Bonchev–Trinajstić information content (AvgIpc) is 3.03. The minimum absolute atomic E-state index is 0.235. The molecule has 0 atom stereocenters. The number of nitrogens with one attached hydrogen (secondary N) is 1. The van der Waals surface area contributed by atoms with E-state index in [1.54, 1.807) is 37.6 Å². The molecule has 21 heavy (non-hydrogen) atoms. The number of halogens is 2. The fourth-order valence-electron chi connectivity index (χ4n) is 1.76. The molecule has 0 unspecified atom stereocenters. The summed E-state index contributed by atoms with van der Waals surface area (Å²) in [5.74, 6) is 0.482. The van der Waals surface area contributed by atoms with E-state index >= 15 is 0 Å². The van der Waals surface area contributed by atoms with Crippen LogP contribution in [0.3, 0.4) is 0 Å². The molecule has 1 aromatic carbocycles. The monoisotopic (exact) mass is 348 g/mol. The summed E-state index contributed by atoms with van der Waals surface area (Å²) in [6, 6.07) is 6.35. The van der Waals surface area contributed by atoms with Gasteiger partial charge in [0.1, 0.15) is 5.82 Å². The molecule has 1 N–H and O–H groups in total. The minimum atomic E-state index is -0.405. The molecule has 0 aliphatic heterocycles. The molecule has 0 fully saturated rings. The van der Waals surface area contributed by atoms with E-state index in [9.17, 15) is 4.39 Å². The van der Waals surface area contributed by atoms with Crippen LogP contribution in [0.4, 0.5) is 10.3 Å². The van der Waals surface area contributed by atoms with Gasteiger partial charge >= 0.3 is 0 Å². The van der Waals surface area contributed by atoms with Crippen molar-refractivity contribution in [2.24, 2.45) is 0 Å². The topological polar surface area (TPSA) is 68.5 Å². The van der Waals surface area contributed by atoms with Crippen molar-refractivity contribution in [1.82, 2.24) is 24.7 Å². The lowest BCUT2D eigenvalue weighted by molar-refractivity contribution is 0.629. The van der Waals surface area contributed by atoms with Crippen molar-refractivity contribution in [2.45, 2.75) is 0 Å². The Morgan fingerprint density at radius 1 is 1.24 bits per heavy atom. The molecule has 2 heterocycles. The Labute approximate surface area is 128 Å². The Morgan fingerprint density at radius 2 is 2.10 bits per heavy atom. The smallest absolute Gasteiger partial charge is 0.255 e. The van der Waals surface area contributed by atoms with Crippen molar-refractivity contribution in [1.29, 1.82) is 0 Å². The highest BCUT2D eigenvalue weighted by Gasteiger charge is 2.13. The molecule has 0 aliphatic rings. The summed E-state index contributed by atoms with van der Waals surface area (Å²) in [4.78, 5) is 12.7. The lowest BCUT2D eigenvalue weighted by Crippen LogP contribution is -2.08. The van der Waals surface area contributed by atoms with E-state index in [1.165, 1.54) is 10.7 Å². The number of benzene rings is 1. The second kappa shape index (κ2) is 5.57. The van der Waals surface area contributed by atoms with Crippen LogP contribution in [0.1, 0.15) is 0 Å². The van der Waals surface area contributed by atoms with Gasteiger partial charge in [0.15, 0.2) is 5.82 Å². The number of hydrogen-bond donors (Lipinski definition) is 1. The van der Waals surface area contributed by atoms with E-state index in [1.807, 2.05) is 0 Å².